The zero-order valence-corrected chi connectivity index (χ0v) is 17.5. The SMILES string of the molecule is O=C(O)CS(=O)CC(=O)NCCCCCC(=O)Nc1cccc(-c2ccccc2)c1. The minimum absolute atomic E-state index is 0.0617. The molecule has 0 bridgehead atoms. The molecule has 0 radical (unpaired) electrons. The van der Waals surface area contributed by atoms with Gasteiger partial charge in [-0.05, 0) is 36.1 Å². The largest absolute Gasteiger partial charge is 0.481 e. The van der Waals surface area contributed by atoms with E-state index in [4.69, 9.17) is 5.11 Å². The summed E-state index contributed by atoms with van der Waals surface area (Å²) in [5, 5.41) is 14.0. The van der Waals surface area contributed by atoms with Gasteiger partial charge in [-0.2, -0.15) is 0 Å². The van der Waals surface area contributed by atoms with Crippen LogP contribution in [0.1, 0.15) is 25.7 Å². The van der Waals surface area contributed by atoms with E-state index in [0.717, 1.165) is 23.2 Å². The lowest BCUT2D eigenvalue weighted by Crippen LogP contribution is -2.30. The summed E-state index contributed by atoms with van der Waals surface area (Å²) in [7, 11) is -1.69. The molecule has 0 saturated carbocycles. The van der Waals surface area contributed by atoms with E-state index in [9.17, 15) is 18.6 Å². The highest BCUT2D eigenvalue weighted by Gasteiger charge is 2.11. The van der Waals surface area contributed by atoms with Gasteiger partial charge in [0.05, 0.1) is 0 Å². The van der Waals surface area contributed by atoms with Crippen molar-refractivity contribution in [2.75, 3.05) is 23.4 Å². The van der Waals surface area contributed by atoms with Crippen LogP contribution in [0.3, 0.4) is 0 Å². The van der Waals surface area contributed by atoms with Gasteiger partial charge in [0.1, 0.15) is 11.5 Å². The molecule has 1 unspecified atom stereocenters. The maximum Gasteiger partial charge on any atom is 0.316 e. The first kappa shape index (κ1) is 23.3. The van der Waals surface area contributed by atoms with Crippen LogP contribution in [-0.2, 0) is 25.2 Å². The van der Waals surface area contributed by atoms with Crippen LogP contribution < -0.4 is 10.6 Å². The van der Waals surface area contributed by atoms with Crippen molar-refractivity contribution < 1.29 is 23.7 Å². The van der Waals surface area contributed by atoms with Gasteiger partial charge in [0.25, 0.3) is 0 Å². The van der Waals surface area contributed by atoms with Crippen molar-refractivity contribution in [2.24, 2.45) is 0 Å². The first-order chi connectivity index (χ1) is 14.4. The predicted octanol–water partition coefficient (Wildman–Crippen LogP) is 2.80. The molecule has 3 N–H and O–H groups in total. The van der Waals surface area contributed by atoms with Gasteiger partial charge in [0, 0.05) is 29.5 Å². The van der Waals surface area contributed by atoms with Crippen LogP contribution >= 0.6 is 0 Å². The molecular formula is C22H26N2O5S. The van der Waals surface area contributed by atoms with Crippen LogP contribution in [0.4, 0.5) is 5.69 Å². The highest BCUT2D eigenvalue weighted by atomic mass is 32.2. The quantitative estimate of drug-likeness (QED) is 0.448. The number of rotatable bonds is 12. The van der Waals surface area contributed by atoms with E-state index in [1.54, 1.807) is 0 Å². The van der Waals surface area contributed by atoms with Crippen molar-refractivity contribution in [2.45, 2.75) is 25.7 Å². The molecular weight excluding hydrogens is 404 g/mol. The number of carbonyl (C=O) groups is 3. The Bertz CT molecular complexity index is 886. The Morgan fingerprint density at radius 3 is 2.30 bits per heavy atom. The molecule has 7 nitrogen and oxygen atoms in total. The third-order valence-electron chi connectivity index (χ3n) is 4.23. The Labute approximate surface area is 178 Å². The first-order valence-electron chi connectivity index (χ1n) is 9.73. The third kappa shape index (κ3) is 9.00. The fourth-order valence-corrected chi connectivity index (χ4v) is 3.60. The van der Waals surface area contributed by atoms with E-state index in [-0.39, 0.29) is 11.7 Å². The van der Waals surface area contributed by atoms with E-state index in [2.05, 4.69) is 10.6 Å². The number of unbranched alkanes of at least 4 members (excludes halogenated alkanes) is 2. The summed E-state index contributed by atoms with van der Waals surface area (Å²) in [4.78, 5) is 34.1. The molecule has 0 aromatic heterocycles. The molecule has 0 fully saturated rings. The summed E-state index contributed by atoms with van der Waals surface area (Å²) in [6.45, 7) is 0.407. The number of carboxylic acid groups (broad SMARTS) is 1. The molecule has 8 heteroatoms. The Hall–Kier alpha value is -3.00. The summed E-state index contributed by atoms with van der Waals surface area (Å²) >= 11 is 0. The smallest absolute Gasteiger partial charge is 0.316 e. The monoisotopic (exact) mass is 430 g/mol. The van der Waals surface area contributed by atoms with Gasteiger partial charge in [-0.1, -0.05) is 48.9 Å². The molecule has 2 amide bonds. The molecule has 30 heavy (non-hydrogen) atoms. The van der Waals surface area contributed by atoms with Crippen molar-refractivity contribution in [3.63, 3.8) is 0 Å². The van der Waals surface area contributed by atoms with Crippen molar-refractivity contribution >= 4 is 34.3 Å². The Kier molecular flexibility index (Phi) is 9.73. The van der Waals surface area contributed by atoms with Gasteiger partial charge >= 0.3 is 5.97 Å². The number of carbonyl (C=O) groups excluding carboxylic acids is 2. The minimum atomic E-state index is -1.69. The number of hydrogen-bond acceptors (Lipinski definition) is 4. The molecule has 0 aliphatic heterocycles. The van der Waals surface area contributed by atoms with Crippen molar-refractivity contribution in [1.29, 1.82) is 0 Å². The highest BCUT2D eigenvalue weighted by Crippen LogP contribution is 2.22. The van der Waals surface area contributed by atoms with E-state index in [1.807, 2.05) is 54.6 Å². The number of nitrogens with one attached hydrogen (secondary N) is 2. The summed E-state index contributed by atoms with van der Waals surface area (Å²) < 4.78 is 11.4. The number of aliphatic carboxylic acids is 1. The minimum Gasteiger partial charge on any atom is -0.481 e. The second-order valence-electron chi connectivity index (χ2n) is 6.78. The van der Waals surface area contributed by atoms with Gasteiger partial charge in [-0.15, -0.1) is 0 Å². The Morgan fingerprint density at radius 1 is 0.833 bits per heavy atom. The number of benzene rings is 2. The molecule has 1 atom stereocenters. The summed E-state index contributed by atoms with van der Waals surface area (Å²) in [5.41, 5.74) is 2.87. The van der Waals surface area contributed by atoms with Crippen LogP contribution in [0, 0.1) is 0 Å². The highest BCUT2D eigenvalue weighted by molar-refractivity contribution is 7.86. The Balaban J connectivity index is 1.62. The fourth-order valence-electron chi connectivity index (χ4n) is 2.83. The summed E-state index contributed by atoms with van der Waals surface area (Å²) in [5.74, 6) is -2.52. The zero-order chi connectivity index (χ0) is 21.8. The standard InChI is InChI=1S/C22H26N2O5S/c25-20(12-5-2-6-13-23-21(26)15-30(29)16-22(27)28)24-19-11-7-10-18(14-19)17-8-3-1-4-9-17/h1,3-4,7-11,14H,2,5-6,12-13,15-16H2,(H,23,26)(H,24,25)(H,27,28). The van der Waals surface area contributed by atoms with E-state index >= 15 is 0 Å². The maximum atomic E-state index is 12.1. The van der Waals surface area contributed by atoms with E-state index in [1.165, 1.54) is 0 Å². The number of carboxylic acids is 1. The zero-order valence-electron chi connectivity index (χ0n) is 16.6. The molecule has 2 rings (SSSR count). The molecule has 0 saturated heterocycles. The van der Waals surface area contributed by atoms with Crippen LogP contribution in [0.25, 0.3) is 11.1 Å². The van der Waals surface area contributed by atoms with E-state index in [0.29, 0.717) is 25.8 Å². The van der Waals surface area contributed by atoms with Gasteiger partial charge < -0.3 is 15.7 Å². The third-order valence-corrected chi connectivity index (χ3v) is 5.39. The second-order valence-corrected chi connectivity index (χ2v) is 8.23. The molecule has 0 aliphatic carbocycles. The first-order valence-corrected chi connectivity index (χ1v) is 11.2. The van der Waals surface area contributed by atoms with E-state index < -0.39 is 28.4 Å². The van der Waals surface area contributed by atoms with Gasteiger partial charge in [0.2, 0.25) is 11.8 Å². The summed E-state index contributed by atoms with van der Waals surface area (Å²) in [6, 6.07) is 17.6. The molecule has 0 heterocycles. The molecule has 0 spiro atoms. The molecule has 160 valence electrons. The molecule has 0 aliphatic rings. The normalized spacial score (nSPS) is 11.5. The van der Waals surface area contributed by atoms with Crippen LogP contribution in [0.15, 0.2) is 54.6 Å². The summed E-state index contributed by atoms with van der Waals surface area (Å²) in [6.07, 6.45) is 2.52. The van der Waals surface area contributed by atoms with Crippen molar-refractivity contribution in [3.8, 4) is 11.1 Å². The Morgan fingerprint density at radius 2 is 1.57 bits per heavy atom. The molecule has 2 aromatic rings. The number of amides is 2. The lowest BCUT2D eigenvalue weighted by Gasteiger charge is -2.08. The van der Waals surface area contributed by atoms with Gasteiger partial charge in [-0.25, -0.2) is 0 Å². The van der Waals surface area contributed by atoms with Crippen LogP contribution in [0.5, 0.6) is 0 Å². The average Bonchev–Trinajstić information content (AvgIpc) is 2.70. The van der Waals surface area contributed by atoms with Crippen LogP contribution in [-0.4, -0.2) is 45.1 Å². The number of anilines is 1. The lowest BCUT2D eigenvalue weighted by atomic mass is 10.1. The number of hydrogen-bond donors (Lipinski definition) is 3. The van der Waals surface area contributed by atoms with Gasteiger partial charge in [0.15, 0.2) is 0 Å². The second kappa shape index (κ2) is 12.5. The topological polar surface area (TPSA) is 113 Å². The molecule has 2 aromatic carbocycles. The van der Waals surface area contributed by atoms with Crippen molar-refractivity contribution in [3.05, 3.63) is 54.6 Å². The maximum absolute atomic E-state index is 12.1. The lowest BCUT2D eigenvalue weighted by molar-refractivity contribution is -0.134. The van der Waals surface area contributed by atoms with Crippen molar-refractivity contribution in [1.82, 2.24) is 5.32 Å². The fraction of sp³-hybridized carbons (Fsp3) is 0.318. The average molecular weight is 431 g/mol. The van der Waals surface area contributed by atoms with Crippen LogP contribution in [0.2, 0.25) is 0 Å². The van der Waals surface area contributed by atoms with Gasteiger partial charge in [-0.3, -0.25) is 18.6 Å². The predicted molar refractivity (Wildman–Crippen MR) is 117 cm³/mol.